The summed E-state index contributed by atoms with van der Waals surface area (Å²) in [7, 11) is 1.66. The van der Waals surface area contributed by atoms with Gasteiger partial charge in [0.2, 0.25) is 5.91 Å². The normalized spacial score (nSPS) is 11.8. The molecule has 0 fully saturated rings. The van der Waals surface area contributed by atoms with Crippen LogP contribution in [-0.4, -0.2) is 24.5 Å². The van der Waals surface area contributed by atoms with Crippen molar-refractivity contribution in [2.24, 2.45) is 0 Å². The molecular formula is C20H25NO2. The summed E-state index contributed by atoms with van der Waals surface area (Å²) in [6.07, 6.45) is 0.807. The average molecular weight is 311 g/mol. The molecule has 0 aliphatic carbocycles. The van der Waals surface area contributed by atoms with Gasteiger partial charge in [-0.3, -0.25) is 4.79 Å². The SMILES string of the molecule is CCC(C(=O)N(CC)Cc1ccc(OC)cc1)c1ccccc1. The standard InChI is InChI=1S/C20H25NO2/c1-4-19(17-9-7-6-8-10-17)20(22)21(5-2)15-16-11-13-18(23-3)14-12-16/h6-14,19H,4-5,15H2,1-3H3. The quantitative estimate of drug-likeness (QED) is 0.765. The molecule has 2 rings (SSSR count). The number of methoxy groups -OCH3 is 1. The van der Waals surface area contributed by atoms with Gasteiger partial charge in [-0.15, -0.1) is 0 Å². The van der Waals surface area contributed by atoms with Crippen LogP contribution < -0.4 is 4.74 Å². The van der Waals surface area contributed by atoms with Gasteiger partial charge in [-0.2, -0.15) is 0 Å². The molecule has 2 aromatic rings. The topological polar surface area (TPSA) is 29.5 Å². The number of carbonyl (C=O) groups is 1. The van der Waals surface area contributed by atoms with E-state index in [0.717, 1.165) is 23.3 Å². The lowest BCUT2D eigenvalue weighted by Crippen LogP contribution is -2.34. The van der Waals surface area contributed by atoms with E-state index in [-0.39, 0.29) is 11.8 Å². The van der Waals surface area contributed by atoms with Crippen molar-refractivity contribution < 1.29 is 9.53 Å². The fraction of sp³-hybridized carbons (Fsp3) is 0.350. The van der Waals surface area contributed by atoms with Gasteiger partial charge in [0.1, 0.15) is 5.75 Å². The molecule has 1 unspecified atom stereocenters. The van der Waals surface area contributed by atoms with E-state index in [9.17, 15) is 4.79 Å². The second-order valence-electron chi connectivity index (χ2n) is 5.57. The van der Waals surface area contributed by atoms with Crippen LogP contribution in [0.2, 0.25) is 0 Å². The van der Waals surface area contributed by atoms with Crippen molar-refractivity contribution in [3.63, 3.8) is 0 Å². The van der Waals surface area contributed by atoms with E-state index in [0.29, 0.717) is 13.1 Å². The molecule has 0 aliphatic heterocycles. The first-order chi connectivity index (χ1) is 11.2. The van der Waals surface area contributed by atoms with Gasteiger partial charge in [0, 0.05) is 13.1 Å². The summed E-state index contributed by atoms with van der Waals surface area (Å²) in [4.78, 5) is 14.9. The van der Waals surface area contributed by atoms with Crippen LogP contribution in [0, 0.1) is 0 Å². The molecule has 0 heterocycles. The molecule has 0 saturated heterocycles. The molecule has 0 aliphatic rings. The summed E-state index contributed by atoms with van der Waals surface area (Å²) < 4.78 is 5.18. The monoisotopic (exact) mass is 311 g/mol. The van der Waals surface area contributed by atoms with E-state index in [4.69, 9.17) is 4.74 Å². The summed E-state index contributed by atoms with van der Waals surface area (Å²) in [6.45, 7) is 5.42. The number of carbonyl (C=O) groups excluding carboxylic acids is 1. The summed E-state index contributed by atoms with van der Waals surface area (Å²) in [6, 6.07) is 17.9. The van der Waals surface area contributed by atoms with Crippen LogP contribution in [0.25, 0.3) is 0 Å². The van der Waals surface area contributed by atoms with Gasteiger partial charge in [0.15, 0.2) is 0 Å². The molecular weight excluding hydrogens is 286 g/mol. The lowest BCUT2D eigenvalue weighted by Gasteiger charge is -2.26. The molecule has 0 spiro atoms. The Bertz CT molecular complexity index is 607. The molecule has 122 valence electrons. The van der Waals surface area contributed by atoms with Crippen LogP contribution in [0.15, 0.2) is 54.6 Å². The summed E-state index contributed by atoms with van der Waals surface area (Å²) in [5.41, 5.74) is 2.21. The van der Waals surface area contributed by atoms with Crippen LogP contribution in [0.5, 0.6) is 5.75 Å². The molecule has 3 nitrogen and oxygen atoms in total. The third kappa shape index (κ3) is 4.35. The first kappa shape index (κ1) is 17.1. The van der Waals surface area contributed by atoms with Gasteiger partial charge in [-0.1, -0.05) is 49.4 Å². The number of hydrogen-bond donors (Lipinski definition) is 0. The maximum absolute atomic E-state index is 12.9. The number of likely N-dealkylation sites (N-methyl/N-ethyl adjacent to an activating group) is 1. The summed E-state index contributed by atoms with van der Waals surface area (Å²) in [5.74, 6) is 0.949. The molecule has 0 bridgehead atoms. The van der Waals surface area contributed by atoms with E-state index in [2.05, 4.69) is 6.92 Å². The van der Waals surface area contributed by atoms with Crippen molar-refractivity contribution in [1.29, 1.82) is 0 Å². The van der Waals surface area contributed by atoms with E-state index >= 15 is 0 Å². The highest BCUT2D eigenvalue weighted by Gasteiger charge is 2.23. The maximum atomic E-state index is 12.9. The molecule has 23 heavy (non-hydrogen) atoms. The Morgan fingerprint density at radius 1 is 1.04 bits per heavy atom. The highest BCUT2D eigenvalue weighted by molar-refractivity contribution is 5.83. The number of nitrogens with zero attached hydrogens (tertiary/aromatic N) is 1. The minimum absolute atomic E-state index is 0.0746. The van der Waals surface area contributed by atoms with Crippen molar-refractivity contribution in [2.45, 2.75) is 32.7 Å². The zero-order valence-electron chi connectivity index (χ0n) is 14.2. The maximum Gasteiger partial charge on any atom is 0.230 e. The Kier molecular flexibility index (Phi) is 6.21. The third-order valence-corrected chi connectivity index (χ3v) is 4.13. The van der Waals surface area contributed by atoms with Crippen molar-refractivity contribution in [2.75, 3.05) is 13.7 Å². The molecule has 1 atom stereocenters. The highest BCUT2D eigenvalue weighted by Crippen LogP contribution is 2.23. The second-order valence-corrected chi connectivity index (χ2v) is 5.57. The van der Waals surface area contributed by atoms with Gasteiger partial charge in [-0.05, 0) is 36.6 Å². The number of hydrogen-bond acceptors (Lipinski definition) is 2. The van der Waals surface area contributed by atoms with E-state index in [1.54, 1.807) is 7.11 Å². The molecule has 3 heteroatoms. The number of benzene rings is 2. The lowest BCUT2D eigenvalue weighted by atomic mass is 9.95. The molecule has 2 aromatic carbocycles. The van der Waals surface area contributed by atoms with Gasteiger partial charge in [0.25, 0.3) is 0 Å². The Morgan fingerprint density at radius 3 is 2.22 bits per heavy atom. The van der Waals surface area contributed by atoms with Gasteiger partial charge in [-0.25, -0.2) is 0 Å². The van der Waals surface area contributed by atoms with Crippen LogP contribution in [-0.2, 0) is 11.3 Å². The van der Waals surface area contributed by atoms with Crippen molar-refractivity contribution in [3.8, 4) is 5.75 Å². The van der Waals surface area contributed by atoms with Crippen molar-refractivity contribution in [1.82, 2.24) is 4.90 Å². The van der Waals surface area contributed by atoms with Crippen LogP contribution >= 0.6 is 0 Å². The fourth-order valence-electron chi connectivity index (χ4n) is 2.76. The molecule has 0 saturated carbocycles. The predicted octanol–water partition coefficient (Wildman–Crippen LogP) is 4.24. The van der Waals surface area contributed by atoms with Crippen molar-refractivity contribution in [3.05, 3.63) is 65.7 Å². The van der Waals surface area contributed by atoms with Crippen molar-refractivity contribution >= 4 is 5.91 Å². The number of amides is 1. The Balaban J connectivity index is 2.13. The number of rotatable bonds is 7. The summed E-state index contributed by atoms with van der Waals surface area (Å²) >= 11 is 0. The third-order valence-electron chi connectivity index (χ3n) is 4.13. The van der Waals surface area contributed by atoms with Crippen LogP contribution in [0.1, 0.15) is 37.3 Å². The first-order valence-electron chi connectivity index (χ1n) is 8.16. The van der Waals surface area contributed by atoms with Crippen LogP contribution in [0.3, 0.4) is 0 Å². The van der Waals surface area contributed by atoms with Gasteiger partial charge < -0.3 is 9.64 Å². The highest BCUT2D eigenvalue weighted by atomic mass is 16.5. The second kappa shape index (κ2) is 8.37. The van der Waals surface area contributed by atoms with E-state index in [1.807, 2.05) is 66.4 Å². The minimum Gasteiger partial charge on any atom is -0.497 e. The molecule has 0 N–H and O–H groups in total. The van der Waals surface area contributed by atoms with Gasteiger partial charge in [0.05, 0.1) is 13.0 Å². The molecule has 0 aromatic heterocycles. The van der Waals surface area contributed by atoms with E-state index in [1.165, 1.54) is 0 Å². The Hall–Kier alpha value is -2.29. The zero-order valence-corrected chi connectivity index (χ0v) is 14.2. The fourth-order valence-corrected chi connectivity index (χ4v) is 2.76. The predicted molar refractivity (Wildman–Crippen MR) is 93.6 cm³/mol. The Labute approximate surface area is 138 Å². The van der Waals surface area contributed by atoms with Gasteiger partial charge >= 0.3 is 0 Å². The molecule has 0 radical (unpaired) electrons. The Morgan fingerprint density at radius 2 is 1.70 bits per heavy atom. The lowest BCUT2D eigenvalue weighted by molar-refractivity contribution is -0.133. The minimum atomic E-state index is -0.0746. The summed E-state index contributed by atoms with van der Waals surface area (Å²) in [5, 5.41) is 0. The molecule has 1 amide bonds. The first-order valence-corrected chi connectivity index (χ1v) is 8.16. The smallest absolute Gasteiger partial charge is 0.230 e. The zero-order chi connectivity index (χ0) is 16.7. The largest absolute Gasteiger partial charge is 0.497 e. The van der Waals surface area contributed by atoms with E-state index < -0.39 is 0 Å². The number of ether oxygens (including phenoxy) is 1. The average Bonchev–Trinajstić information content (AvgIpc) is 2.61. The van der Waals surface area contributed by atoms with Crippen LogP contribution in [0.4, 0.5) is 0 Å².